The number of ether oxygens (including phenoxy) is 2. The van der Waals surface area contributed by atoms with E-state index in [1.807, 2.05) is 25.1 Å². The van der Waals surface area contributed by atoms with Crippen LogP contribution in [-0.4, -0.2) is 26.4 Å². The van der Waals surface area contributed by atoms with Crippen LogP contribution < -0.4 is 10.5 Å². The first-order valence-electron chi connectivity index (χ1n) is 5.47. The summed E-state index contributed by atoms with van der Waals surface area (Å²) in [5.41, 5.74) is 6.71. The average molecular weight is 288 g/mol. The number of benzene rings is 1. The fourth-order valence-corrected chi connectivity index (χ4v) is 1.88. The van der Waals surface area contributed by atoms with Crippen molar-refractivity contribution in [1.82, 2.24) is 0 Å². The van der Waals surface area contributed by atoms with E-state index in [1.165, 1.54) is 5.56 Å². The minimum Gasteiger partial charge on any atom is -0.490 e. The molecule has 0 heterocycles. The molecular weight excluding hydrogens is 270 g/mol. The van der Waals surface area contributed by atoms with Gasteiger partial charge in [-0.05, 0) is 53.5 Å². The second-order valence-corrected chi connectivity index (χ2v) is 4.20. The van der Waals surface area contributed by atoms with Gasteiger partial charge < -0.3 is 15.2 Å². The molecule has 0 aliphatic carbocycles. The molecule has 3 nitrogen and oxygen atoms in total. The van der Waals surface area contributed by atoms with Crippen LogP contribution >= 0.6 is 15.9 Å². The monoisotopic (exact) mass is 287 g/mol. The number of hydrogen-bond acceptors (Lipinski definition) is 3. The Hall–Kier alpha value is -0.580. The van der Waals surface area contributed by atoms with Crippen molar-refractivity contribution in [2.75, 3.05) is 26.4 Å². The maximum absolute atomic E-state index is 5.57. The minimum absolute atomic E-state index is 0.572. The van der Waals surface area contributed by atoms with E-state index in [-0.39, 0.29) is 0 Å². The van der Waals surface area contributed by atoms with Gasteiger partial charge in [-0.2, -0.15) is 0 Å². The SMILES string of the molecule is CCOCCOc1ccc(CCN)cc1Br. The Morgan fingerprint density at radius 1 is 1.31 bits per heavy atom. The zero-order valence-corrected chi connectivity index (χ0v) is 11.1. The molecule has 1 aromatic rings. The fraction of sp³-hybridized carbons (Fsp3) is 0.500. The molecule has 16 heavy (non-hydrogen) atoms. The molecule has 0 aliphatic heterocycles. The second-order valence-electron chi connectivity index (χ2n) is 3.35. The van der Waals surface area contributed by atoms with Gasteiger partial charge in [0.05, 0.1) is 11.1 Å². The lowest BCUT2D eigenvalue weighted by molar-refractivity contribution is 0.110. The lowest BCUT2D eigenvalue weighted by atomic mass is 10.1. The van der Waals surface area contributed by atoms with Crippen molar-refractivity contribution in [2.24, 2.45) is 5.73 Å². The number of hydrogen-bond donors (Lipinski definition) is 1. The van der Waals surface area contributed by atoms with Crippen LogP contribution in [0.1, 0.15) is 12.5 Å². The first-order valence-corrected chi connectivity index (χ1v) is 6.26. The Bertz CT molecular complexity index is 318. The second kappa shape index (κ2) is 7.65. The van der Waals surface area contributed by atoms with Gasteiger partial charge in [0.2, 0.25) is 0 Å². The van der Waals surface area contributed by atoms with Gasteiger partial charge in [0, 0.05) is 6.61 Å². The Morgan fingerprint density at radius 2 is 2.12 bits per heavy atom. The van der Waals surface area contributed by atoms with Gasteiger partial charge in [-0.25, -0.2) is 0 Å². The lowest BCUT2D eigenvalue weighted by Gasteiger charge is -2.09. The van der Waals surface area contributed by atoms with E-state index in [4.69, 9.17) is 15.2 Å². The molecule has 0 aromatic heterocycles. The van der Waals surface area contributed by atoms with Crippen LogP contribution in [0, 0.1) is 0 Å². The zero-order chi connectivity index (χ0) is 11.8. The summed E-state index contributed by atoms with van der Waals surface area (Å²) in [4.78, 5) is 0. The summed E-state index contributed by atoms with van der Waals surface area (Å²) in [7, 11) is 0. The lowest BCUT2D eigenvalue weighted by Crippen LogP contribution is -2.07. The maximum Gasteiger partial charge on any atom is 0.133 e. The maximum atomic E-state index is 5.57. The summed E-state index contributed by atoms with van der Waals surface area (Å²) in [6.07, 6.45) is 0.887. The molecule has 0 bridgehead atoms. The standard InChI is InChI=1S/C12H18BrNO2/c1-2-15-7-8-16-12-4-3-10(5-6-14)9-11(12)13/h3-4,9H,2,5-8,14H2,1H3. The Balaban J connectivity index is 2.47. The Kier molecular flexibility index (Phi) is 6.45. The van der Waals surface area contributed by atoms with Crippen LogP contribution in [0.2, 0.25) is 0 Å². The zero-order valence-electron chi connectivity index (χ0n) is 9.54. The van der Waals surface area contributed by atoms with Crippen molar-refractivity contribution in [1.29, 1.82) is 0 Å². The minimum atomic E-state index is 0.572. The molecule has 0 unspecified atom stereocenters. The largest absolute Gasteiger partial charge is 0.490 e. The molecule has 1 rings (SSSR count). The Morgan fingerprint density at radius 3 is 2.75 bits per heavy atom. The molecule has 0 fully saturated rings. The highest BCUT2D eigenvalue weighted by atomic mass is 79.9. The van der Waals surface area contributed by atoms with E-state index in [9.17, 15) is 0 Å². The molecule has 0 atom stereocenters. The predicted octanol–water partition coefficient (Wildman–Crippen LogP) is 2.37. The highest BCUT2D eigenvalue weighted by Gasteiger charge is 2.02. The normalized spacial score (nSPS) is 10.4. The quantitative estimate of drug-likeness (QED) is 0.783. The molecule has 0 saturated carbocycles. The third-order valence-electron chi connectivity index (χ3n) is 2.12. The highest BCUT2D eigenvalue weighted by Crippen LogP contribution is 2.26. The molecule has 4 heteroatoms. The molecular formula is C12H18BrNO2. The Labute approximate surface area is 105 Å². The molecule has 0 spiro atoms. The van der Waals surface area contributed by atoms with Crippen LogP contribution in [0.4, 0.5) is 0 Å². The van der Waals surface area contributed by atoms with E-state index in [1.54, 1.807) is 0 Å². The van der Waals surface area contributed by atoms with E-state index < -0.39 is 0 Å². The first kappa shape index (κ1) is 13.5. The van der Waals surface area contributed by atoms with Crippen molar-refractivity contribution >= 4 is 15.9 Å². The van der Waals surface area contributed by atoms with Gasteiger partial charge in [-0.1, -0.05) is 6.07 Å². The van der Waals surface area contributed by atoms with E-state index in [2.05, 4.69) is 15.9 Å². The van der Waals surface area contributed by atoms with Gasteiger partial charge >= 0.3 is 0 Å². The third kappa shape index (κ3) is 4.51. The van der Waals surface area contributed by atoms with Crippen molar-refractivity contribution in [3.8, 4) is 5.75 Å². The van der Waals surface area contributed by atoms with Gasteiger partial charge in [-0.15, -0.1) is 0 Å². The van der Waals surface area contributed by atoms with Crippen molar-refractivity contribution in [3.63, 3.8) is 0 Å². The van der Waals surface area contributed by atoms with E-state index in [0.717, 1.165) is 23.2 Å². The van der Waals surface area contributed by atoms with Gasteiger partial charge in [0.1, 0.15) is 12.4 Å². The van der Waals surface area contributed by atoms with Crippen molar-refractivity contribution in [2.45, 2.75) is 13.3 Å². The molecule has 0 radical (unpaired) electrons. The van der Waals surface area contributed by atoms with Crippen molar-refractivity contribution < 1.29 is 9.47 Å². The third-order valence-corrected chi connectivity index (χ3v) is 2.74. The van der Waals surface area contributed by atoms with Gasteiger partial charge in [0.25, 0.3) is 0 Å². The molecule has 0 aliphatic rings. The number of halogens is 1. The molecule has 90 valence electrons. The fourth-order valence-electron chi connectivity index (χ4n) is 1.34. The predicted molar refractivity (Wildman–Crippen MR) is 68.9 cm³/mol. The van der Waals surface area contributed by atoms with Crippen LogP contribution in [-0.2, 0) is 11.2 Å². The van der Waals surface area contributed by atoms with Crippen LogP contribution in [0.3, 0.4) is 0 Å². The van der Waals surface area contributed by atoms with Crippen LogP contribution in [0.15, 0.2) is 22.7 Å². The summed E-state index contributed by atoms with van der Waals surface area (Å²) < 4.78 is 11.7. The summed E-state index contributed by atoms with van der Waals surface area (Å²) in [6.45, 7) is 4.55. The molecule has 0 saturated heterocycles. The summed E-state index contributed by atoms with van der Waals surface area (Å²) in [5, 5.41) is 0. The van der Waals surface area contributed by atoms with Crippen LogP contribution in [0.5, 0.6) is 5.75 Å². The van der Waals surface area contributed by atoms with Crippen molar-refractivity contribution in [3.05, 3.63) is 28.2 Å². The molecule has 2 N–H and O–H groups in total. The average Bonchev–Trinajstić information content (AvgIpc) is 2.27. The summed E-state index contributed by atoms with van der Waals surface area (Å²) in [6, 6.07) is 6.04. The van der Waals surface area contributed by atoms with E-state index in [0.29, 0.717) is 19.8 Å². The number of nitrogens with two attached hydrogens (primary N) is 1. The first-order chi connectivity index (χ1) is 7.77. The molecule has 0 amide bonds. The van der Waals surface area contributed by atoms with Gasteiger partial charge in [0.15, 0.2) is 0 Å². The highest BCUT2D eigenvalue weighted by molar-refractivity contribution is 9.10. The topological polar surface area (TPSA) is 44.5 Å². The van der Waals surface area contributed by atoms with Gasteiger partial charge in [-0.3, -0.25) is 0 Å². The molecule has 1 aromatic carbocycles. The summed E-state index contributed by atoms with van der Waals surface area (Å²) >= 11 is 3.48. The van der Waals surface area contributed by atoms with E-state index >= 15 is 0 Å². The summed E-state index contributed by atoms with van der Waals surface area (Å²) in [5.74, 6) is 0.848. The number of rotatable bonds is 7. The van der Waals surface area contributed by atoms with Crippen LogP contribution in [0.25, 0.3) is 0 Å². The smallest absolute Gasteiger partial charge is 0.133 e.